The van der Waals surface area contributed by atoms with E-state index in [1.807, 2.05) is 22.6 Å². The summed E-state index contributed by atoms with van der Waals surface area (Å²) in [5.41, 5.74) is 1.09. The number of rotatable bonds is 8. The van der Waals surface area contributed by atoms with Crippen LogP contribution in [0.1, 0.15) is 5.56 Å². The third-order valence-corrected chi connectivity index (χ3v) is 5.66. The lowest BCUT2D eigenvalue weighted by Gasteiger charge is -2.07. The Labute approximate surface area is 195 Å². The van der Waals surface area contributed by atoms with E-state index in [2.05, 4.69) is 10.2 Å². The number of carbonyl (C=O) groups is 1. The molecule has 0 saturated heterocycles. The minimum Gasteiger partial charge on any atom is -0.504 e. The highest BCUT2D eigenvalue weighted by Crippen LogP contribution is 2.36. The van der Waals surface area contributed by atoms with Gasteiger partial charge in [0.25, 0.3) is 5.22 Å². The van der Waals surface area contributed by atoms with E-state index in [4.69, 9.17) is 18.6 Å². The number of carboxylic acids is 1. The maximum Gasteiger partial charge on any atom is 0.342 e. The quantitative estimate of drug-likeness (QED) is 0.236. The number of aromatic hydroxyl groups is 1. The van der Waals surface area contributed by atoms with Gasteiger partial charge in [0.05, 0.1) is 24.9 Å². The van der Waals surface area contributed by atoms with Gasteiger partial charge in [0, 0.05) is 11.6 Å². The Kier molecular flexibility index (Phi) is 7.28. The molecular formula is C20H17IN2O7S. The molecule has 3 aromatic rings. The molecule has 9 nitrogen and oxygen atoms in total. The van der Waals surface area contributed by atoms with Gasteiger partial charge in [-0.25, -0.2) is 4.79 Å². The van der Waals surface area contributed by atoms with Gasteiger partial charge in [-0.05, 0) is 70.3 Å². The Morgan fingerprint density at radius 2 is 1.74 bits per heavy atom. The molecule has 0 spiro atoms. The number of hydrogen-bond donors (Lipinski definition) is 2. The van der Waals surface area contributed by atoms with Crippen LogP contribution in [0.3, 0.4) is 0 Å². The maximum atomic E-state index is 11.8. The van der Waals surface area contributed by atoms with Crippen molar-refractivity contribution in [2.45, 2.75) is 5.22 Å². The van der Waals surface area contributed by atoms with E-state index in [0.29, 0.717) is 26.2 Å². The van der Waals surface area contributed by atoms with Gasteiger partial charge in [0.2, 0.25) is 5.89 Å². The highest BCUT2D eigenvalue weighted by molar-refractivity contribution is 14.1. The van der Waals surface area contributed by atoms with Gasteiger partial charge >= 0.3 is 5.97 Å². The number of benzene rings is 2. The van der Waals surface area contributed by atoms with Crippen molar-refractivity contribution in [1.29, 1.82) is 0 Å². The summed E-state index contributed by atoms with van der Waals surface area (Å²) in [6.07, 6.45) is 1.43. The van der Waals surface area contributed by atoms with Gasteiger partial charge in [0.1, 0.15) is 16.4 Å². The average molecular weight is 556 g/mol. The van der Waals surface area contributed by atoms with Gasteiger partial charge in [-0.2, -0.15) is 0 Å². The zero-order valence-corrected chi connectivity index (χ0v) is 19.6. The fraction of sp³-hybridized carbons (Fsp3) is 0.150. The Hall–Kier alpha value is -2.93. The molecule has 0 radical (unpaired) electrons. The van der Waals surface area contributed by atoms with Crippen LogP contribution in [0.5, 0.6) is 23.0 Å². The van der Waals surface area contributed by atoms with Gasteiger partial charge in [-0.1, -0.05) is 0 Å². The zero-order valence-electron chi connectivity index (χ0n) is 16.6. The summed E-state index contributed by atoms with van der Waals surface area (Å²) in [6.45, 7) is 0. The van der Waals surface area contributed by atoms with E-state index >= 15 is 0 Å². The molecule has 162 valence electrons. The van der Waals surface area contributed by atoms with E-state index in [9.17, 15) is 15.0 Å². The third-order valence-electron chi connectivity index (χ3n) is 3.98. The molecule has 3 rings (SSSR count). The van der Waals surface area contributed by atoms with Crippen molar-refractivity contribution in [2.75, 3.05) is 21.3 Å². The van der Waals surface area contributed by atoms with Crippen LogP contribution in [0.4, 0.5) is 0 Å². The summed E-state index contributed by atoms with van der Waals surface area (Å²) in [4.78, 5) is 11.7. The Morgan fingerprint density at radius 1 is 1.06 bits per heavy atom. The molecule has 0 unspecified atom stereocenters. The summed E-state index contributed by atoms with van der Waals surface area (Å²) >= 11 is 2.74. The molecule has 1 aromatic heterocycles. The lowest BCUT2D eigenvalue weighted by atomic mass is 10.2. The predicted octanol–water partition coefficient (Wildman–Crippen LogP) is 4.29. The van der Waals surface area contributed by atoms with E-state index in [1.165, 1.54) is 33.5 Å². The maximum absolute atomic E-state index is 11.8. The van der Waals surface area contributed by atoms with Crippen LogP contribution in [0.25, 0.3) is 17.5 Å². The molecule has 11 heteroatoms. The number of ether oxygens (including phenoxy) is 3. The number of aliphatic carboxylic acids is 1. The number of halogens is 1. The van der Waals surface area contributed by atoms with Crippen LogP contribution in [0, 0.1) is 3.57 Å². The van der Waals surface area contributed by atoms with E-state index in [-0.39, 0.29) is 27.5 Å². The van der Waals surface area contributed by atoms with Crippen LogP contribution in [0.15, 0.2) is 44.9 Å². The lowest BCUT2D eigenvalue weighted by Crippen LogP contribution is -1.97. The van der Waals surface area contributed by atoms with Crippen molar-refractivity contribution < 1.29 is 33.6 Å². The first kappa shape index (κ1) is 22.7. The van der Waals surface area contributed by atoms with Crippen molar-refractivity contribution >= 4 is 46.4 Å². The molecule has 0 saturated carbocycles. The second-order valence-corrected chi connectivity index (χ2v) is 8.10. The molecule has 0 aliphatic rings. The summed E-state index contributed by atoms with van der Waals surface area (Å²) in [6, 6.07) is 8.26. The Morgan fingerprint density at radius 3 is 2.32 bits per heavy atom. The standard InChI is InChI=1S/C20H17IN2O7S/c1-27-12-7-11(8-13(9-12)28-2)18-22-23-20(30-18)31-16(19(25)26)6-10-4-14(21)17(24)15(5-10)29-3/h4-9,24H,1-3H3,(H,25,26)/b16-6-. The van der Waals surface area contributed by atoms with Gasteiger partial charge in [-0.3, -0.25) is 0 Å². The van der Waals surface area contributed by atoms with Gasteiger partial charge in [0.15, 0.2) is 11.5 Å². The van der Waals surface area contributed by atoms with Gasteiger partial charge in [-0.15, -0.1) is 10.2 Å². The van der Waals surface area contributed by atoms with Gasteiger partial charge < -0.3 is 28.8 Å². The highest BCUT2D eigenvalue weighted by atomic mass is 127. The van der Waals surface area contributed by atoms with E-state index < -0.39 is 5.97 Å². The average Bonchev–Trinajstić information content (AvgIpc) is 3.23. The molecule has 2 aromatic carbocycles. The van der Waals surface area contributed by atoms with Crippen molar-refractivity contribution in [3.63, 3.8) is 0 Å². The van der Waals surface area contributed by atoms with Crippen LogP contribution in [-0.4, -0.2) is 47.7 Å². The Bertz CT molecular complexity index is 1120. The normalized spacial score (nSPS) is 11.3. The molecule has 0 bridgehead atoms. The number of phenolic OH excluding ortho intramolecular Hbond substituents is 1. The van der Waals surface area contributed by atoms with Crippen molar-refractivity contribution in [3.05, 3.63) is 44.4 Å². The minimum atomic E-state index is -1.17. The van der Waals surface area contributed by atoms with E-state index in [1.54, 1.807) is 24.3 Å². The summed E-state index contributed by atoms with van der Waals surface area (Å²) < 4.78 is 21.7. The first-order valence-electron chi connectivity index (χ1n) is 8.61. The molecular weight excluding hydrogens is 539 g/mol. The molecule has 0 aliphatic heterocycles. The molecule has 0 aliphatic carbocycles. The number of thioether (sulfide) groups is 1. The summed E-state index contributed by atoms with van der Waals surface area (Å²) in [7, 11) is 4.47. The molecule has 2 N–H and O–H groups in total. The monoisotopic (exact) mass is 556 g/mol. The first-order chi connectivity index (χ1) is 14.8. The number of hydrogen-bond acceptors (Lipinski definition) is 9. The number of methoxy groups -OCH3 is 3. The van der Waals surface area contributed by atoms with Crippen molar-refractivity contribution in [3.8, 4) is 34.5 Å². The van der Waals surface area contributed by atoms with Crippen molar-refractivity contribution in [2.24, 2.45) is 0 Å². The number of nitrogens with zero attached hydrogens (tertiary/aromatic N) is 2. The second-order valence-electron chi connectivity index (χ2n) is 5.94. The fourth-order valence-corrected chi connectivity index (χ4v) is 3.81. The zero-order chi connectivity index (χ0) is 22.5. The SMILES string of the molecule is COc1cc(OC)cc(-c2nnc(S/C(=C\c3cc(I)c(O)c(OC)c3)C(=O)O)o2)c1. The van der Waals surface area contributed by atoms with Crippen LogP contribution in [0.2, 0.25) is 0 Å². The second kappa shape index (κ2) is 9.92. The molecule has 31 heavy (non-hydrogen) atoms. The minimum absolute atomic E-state index is 0.0139. The number of aromatic nitrogens is 2. The largest absolute Gasteiger partial charge is 0.504 e. The smallest absolute Gasteiger partial charge is 0.342 e. The van der Waals surface area contributed by atoms with Crippen LogP contribution < -0.4 is 14.2 Å². The topological polar surface area (TPSA) is 124 Å². The molecule has 0 amide bonds. The fourth-order valence-electron chi connectivity index (χ4n) is 2.51. The summed E-state index contributed by atoms with van der Waals surface area (Å²) in [5, 5.41) is 27.5. The van der Waals surface area contributed by atoms with Crippen LogP contribution >= 0.6 is 34.4 Å². The van der Waals surface area contributed by atoms with Crippen molar-refractivity contribution in [1.82, 2.24) is 10.2 Å². The summed E-state index contributed by atoms with van der Waals surface area (Å²) in [5.74, 6) is 0.327. The molecule has 0 atom stereocenters. The number of phenols is 1. The third kappa shape index (κ3) is 5.41. The van der Waals surface area contributed by atoms with Crippen LogP contribution in [-0.2, 0) is 4.79 Å². The lowest BCUT2D eigenvalue weighted by molar-refractivity contribution is -0.131. The highest BCUT2D eigenvalue weighted by Gasteiger charge is 2.18. The first-order valence-corrected chi connectivity index (χ1v) is 10.5. The molecule has 1 heterocycles. The molecule has 0 fully saturated rings. The van der Waals surface area contributed by atoms with E-state index in [0.717, 1.165) is 11.8 Å². The number of carboxylic acid groups (broad SMARTS) is 1. The predicted molar refractivity (Wildman–Crippen MR) is 122 cm³/mol. The Balaban J connectivity index is 1.91.